The van der Waals surface area contributed by atoms with Crippen molar-refractivity contribution in [2.75, 3.05) is 5.32 Å². The van der Waals surface area contributed by atoms with Crippen LogP contribution in [0.1, 0.15) is 31.5 Å². The number of primary amides is 1. The number of carbonyl (C=O) groups is 1. The molecule has 0 spiro atoms. The van der Waals surface area contributed by atoms with Crippen molar-refractivity contribution in [2.45, 2.75) is 32.7 Å². The summed E-state index contributed by atoms with van der Waals surface area (Å²) >= 11 is 5.02. The lowest BCUT2D eigenvalue weighted by molar-refractivity contribution is -0.118. The summed E-state index contributed by atoms with van der Waals surface area (Å²) in [5.74, 6) is 0.328. The first-order valence-electron chi connectivity index (χ1n) is 5.54. The summed E-state index contributed by atoms with van der Waals surface area (Å²) in [6, 6.07) is 0. The van der Waals surface area contributed by atoms with Gasteiger partial charge in [0.2, 0.25) is 5.91 Å². The quantitative estimate of drug-likeness (QED) is 0.673. The summed E-state index contributed by atoms with van der Waals surface area (Å²) in [7, 11) is 1.79. The fraction of sp³-hybridized carbons (Fsp3) is 0.545. The van der Waals surface area contributed by atoms with Gasteiger partial charge in [0.25, 0.3) is 0 Å². The van der Waals surface area contributed by atoms with E-state index in [0.29, 0.717) is 11.4 Å². The predicted octanol–water partition coefficient (Wildman–Crippen LogP) is 0.429. The Morgan fingerprint density at radius 1 is 1.50 bits per heavy atom. The smallest absolute Gasteiger partial charge is 0.219 e. The summed E-state index contributed by atoms with van der Waals surface area (Å²) in [6.45, 7) is 5.59. The molecule has 0 saturated heterocycles. The molecule has 1 heterocycles. The molecule has 0 aliphatic rings. The van der Waals surface area contributed by atoms with E-state index in [1.807, 2.05) is 20.8 Å². The first-order chi connectivity index (χ1) is 8.14. The number of aromatic nitrogens is 2. The predicted molar refractivity (Wildman–Crippen MR) is 75.3 cm³/mol. The Balaban J connectivity index is 3.11. The van der Waals surface area contributed by atoms with Crippen LogP contribution in [0.15, 0.2) is 0 Å². The van der Waals surface area contributed by atoms with Crippen LogP contribution in [0.5, 0.6) is 0 Å². The molecule has 1 amide bonds. The van der Waals surface area contributed by atoms with Gasteiger partial charge in [-0.2, -0.15) is 5.10 Å². The van der Waals surface area contributed by atoms with Crippen LogP contribution in [0.25, 0.3) is 0 Å². The monoisotopic (exact) mass is 269 g/mol. The van der Waals surface area contributed by atoms with Gasteiger partial charge in [0, 0.05) is 19.0 Å². The highest BCUT2D eigenvalue weighted by molar-refractivity contribution is 7.80. The van der Waals surface area contributed by atoms with Gasteiger partial charge in [-0.15, -0.1) is 0 Å². The molecule has 1 rings (SSSR count). The summed E-state index contributed by atoms with van der Waals surface area (Å²) in [6.07, 6.45) is 0.202. The van der Waals surface area contributed by atoms with E-state index in [2.05, 4.69) is 10.4 Å². The average Bonchev–Trinajstić information content (AvgIpc) is 2.37. The Morgan fingerprint density at radius 3 is 2.50 bits per heavy atom. The van der Waals surface area contributed by atoms with Crippen LogP contribution in [0.4, 0.5) is 5.82 Å². The zero-order chi connectivity index (χ0) is 14.1. The van der Waals surface area contributed by atoms with E-state index in [4.69, 9.17) is 23.7 Å². The number of hydrogen-bond acceptors (Lipinski definition) is 4. The van der Waals surface area contributed by atoms with E-state index in [1.54, 1.807) is 11.7 Å². The lowest BCUT2D eigenvalue weighted by Gasteiger charge is -2.26. The minimum Gasteiger partial charge on any atom is -0.389 e. The number of anilines is 1. The molecule has 0 saturated carbocycles. The van der Waals surface area contributed by atoms with Crippen molar-refractivity contribution >= 4 is 28.9 Å². The normalized spacial score (nSPS) is 11.3. The Bertz CT molecular complexity index is 492. The van der Waals surface area contributed by atoms with Gasteiger partial charge in [-0.25, -0.2) is 0 Å². The number of thiocarbonyl (C=S) groups is 1. The molecule has 18 heavy (non-hydrogen) atoms. The molecular weight excluding hydrogens is 250 g/mol. The maximum absolute atomic E-state index is 11.0. The Kier molecular flexibility index (Phi) is 3.95. The molecular formula is C11H19N5OS. The van der Waals surface area contributed by atoms with Crippen LogP contribution in [0.3, 0.4) is 0 Å². The van der Waals surface area contributed by atoms with E-state index < -0.39 is 5.54 Å². The largest absolute Gasteiger partial charge is 0.389 e. The maximum Gasteiger partial charge on any atom is 0.219 e. The highest BCUT2D eigenvalue weighted by Gasteiger charge is 2.25. The van der Waals surface area contributed by atoms with Gasteiger partial charge in [0.15, 0.2) is 0 Å². The van der Waals surface area contributed by atoms with Gasteiger partial charge in [-0.1, -0.05) is 12.2 Å². The number of nitrogens with zero attached hydrogens (tertiary/aromatic N) is 2. The zero-order valence-corrected chi connectivity index (χ0v) is 11.9. The van der Waals surface area contributed by atoms with Gasteiger partial charge in [-0.3, -0.25) is 9.48 Å². The van der Waals surface area contributed by atoms with E-state index >= 15 is 0 Å². The molecule has 0 radical (unpaired) electrons. The first kappa shape index (κ1) is 14.4. The minimum absolute atomic E-state index is 0.202. The number of nitrogens with one attached hydrogen (secondary N) is 1. The standard InChI is InChI=1S/C11H19N5OS/c1-6-8(9(13)18)10(16(4)15-6)14-11(2,3)5-7(12)17/h14H,5H2,1-4H3,(H2,12,17)(H2,13,18). The van der Waals surface area contributed by atoms with Crippen molar-refractivity contribution in [3.8, 4) is 0 Å². The van der Waals surface area contributed by atoms with E-state index in [0.717, 1.165) is 5.69 Å². The number of hydrogen-bond donors (Lipinski definition) is 3. The molecule has 1 aromatic rings. The number of carbonyl (C=O) groups excluding carboxylic acids is 1. The fourth-order valence-corrected chi connectivity index (χ4v) is 2.14. The lowest BCUT2D eigenvalue weighted by Crippen LogP contribution is -2.37. The van der Waals surface area contributed by atoms with Gasteiger partial charge >= 0.3 is 0 Å². The Hall–Kier alpha value is -1.63. The average molecular weight is 269 g/mol. The minimum atomic E-state index is -0.494. The van der Waals surface area contributed by atoms with Crippen molar-refractivity contribution in [3.63, 3.8) is 0 Å². The van der Waals surface area contributed by atoms with Crippen molar-refractivity contribution in [2.24, 2.45) is 18.5 Å². The topological polar surface area (TPSA) is 99.0 Å². The summed E-state index contributed by atoms with van der Waals surface area (Å²) in [5, 5.41) is 7.49. The third kappa shape index (κ3) is 3.19. The van der Waals surface area contributed by atoms with Crippen molar-refractivity contribution < 1.29 is 4.79 Å². The van der Waals surface area contributed by atoms with Crippen LogP contribution in [-0.4, -0.2) is 26.2 Å². The Morgan fingerprint density at radius 2 is 2.06 bits per heavy atom. The zero-order valence-electron chi connectivity index (χ0n) is 11.1. The van der Waals surface area contributed by atoms with Crippen molar-refractivity contribution in [1.82, 2.24) is 9.78 Å². The van der Waals surface area contributed by atoms with E-state index in [9.17, 15) is 4.79 Å². The molecule has 0 fully saturated rings. The van der Waals surface area contributed by atoms with Crippen LogP contribution in [-0.2, 0) is 11.8 Å². The Labute approximate surface area is 112 Å². The second-order valence-corrected chi connectivity index (χ2v) is 5.39. The SMILES string of the molecule is Cc1nn(C)c(NC(C)(C)CC(N)=O)c1C(N)=S. The van der Waals surface area contributed by atoms with Crippen LogP contribution >= 0.6 is 12.2 Å². The van der Waals surface area contributed by atoms with Crippen LogP contribution in [0, 0.1) is 6.92 Å². The molecule has 0 aliphatic heterocycles. The van der Waals surface area contributed by atoms with E-state index in [-0.39, 0.29) is 17.3 Å². The fourth-order valence-electron chi connectivity index (χ4n) is 1.90. The molecule has 0 atom stereocenters. The second kappa shape index (κ2) is 4.93. The van der Waals surface area contributed by atoms with Crippen LogP contribution < -0.4 is 16.8 Å². The highest BCUT2D eigenvalue weighted by atomic mass is 32.1. The van der Waals surface area contributed by atoms with Gasteiger partial charge in [-0.05, 0) is 20.8 Å². The molecule has 6 nitrogen and oxygen atoms in total. The number of rotatable bonds is 5. The summed E-state index contributed by atoms with van der Waals surface area (Å²) in [5.41, 5.74) is 11.9. The number of aryl methyl sites for hydroxylation is 2. The molecule has 0 aromatic carbocycles. The number of amides is 1. The lowest BCUT2D eigenvalue weighted by atomic mass is 10.00. The molecule has 100 valence electrons. The first-order valence-corrected chi connectivity index (χ1v) is 5.95. The van der Waals surface area contributed by atoms with Gasteiger partial charge < -0.3 is 16.8 Å². The molecule has 7 heteroatoms. The number of nitrogens with two attached hydrogens (primary N) is 2. The highest BCUT2D eigenvalue weighted by Crippen LogP contribution is 2.23. The van der Waals surface area contributed by atoms with Crippen molar-refractivity contribution in [3.05, 3.63) is 11.3 Å². The van der Waals surface area contributed by atoms with Crippen molar-refractivity contribution in [1.29, 1.82) is 0 Å². The maximum atomic E-state index is 11.0. The molecule has 5 N–H and O–H groups in total. The second-order valence-electron chi connectivity index (χ2n) is 4.95. The molecule has 0 bridgehead atoms. The van der Waals surface area contributed by atoms with Crippen LogP contribution in [0.2, 0.25) is 0 Å². The van der Waals surface area contributed by atoms with E-state index in [1.165, 1.54) is 0 Å². The third-order valence-electron chi connectivity index (χ3n) is 2.54. The van der Waals surface area contributed by atoms with Gasteiger partial charge in [0.1, 0.15) is 10.8 Å². The van der Waals surface area contributed by atoms with Gasteiger partial charge in [0.05, 0.1) is 11.3 Å². The third-order valence-corrected chi connectivity index (χ3v) is 2.75. The molecule has 1 aromatic heterocycles. The molecule has 0 aliphatic carbocycles. The molecule has 0 unspecified atom stereocenters. The summed E-state index contributed by atoms with van der Waals surface area (Å²) in [4.78, 5) is 11.3. The summed E-state index contributed by atoms with van der Waals surface area (Å²) < 4.78 is 1.66.